The Morgan fingerprint density at radius 3 is 2.75 bits per heavy atom. The lowest BCUT2D eigenvalue weighted by Gasteiger charge is -2.19. The van der Waals surface area contributed by atoms with E-state index in [1.807, 2.05) is 0 Å². The summed E-state index contributed by atoms with van der Waals surface area (Å²) >= 11 is 0. The van der Waals surface area contributed by atoms with Crippen LogP contribution in [-0.2, 0) is 0 Å². The SMILES string of the molecule is CCCNC(C)c1cc(C)ccc1OCCCCCO. The van der Waals surface area contributed by atoms with Crippen molar-refractivity contribution in [3.63, 3.8) is 0 Å². The lowest BCUT2D eigenvalue weighted by molar-refractivity contribution is 0.264. The fourth-order valence-electron chi connectivity index (χ4n) is 2.18. The summed E-state index contributed by atoms with van der Waals surface area (Å²) in [6.07, 6.45) is 4.00. The van der Waals surface area contributed by atoms with Crippen molar-refractivity contribution in [3.8, 4) is 5.75 Å². The first kappa shape index (κ1) is 17.0. The highest BCUT2D eigenvalue weighted by Crippen LogP contribution is 2.26. The molecule has 0 aliphatic carbocycles. The van der Waals surface area contributed by atoms with Gasteiger partial charge in [0.25, 0.3) is 0 Å². The molecule has 114 valence electrons. The van der Waals surface area contributed by atoms with Crippen LogP contribution >= 0.6 is 0 Å². The third-order valence-electron chi connectivity index (χ3n) is 3.39. The molecule has 0 saturated carbocycles. The monoisotopic (exact) mass is 279 g/mol. The number of hydrogen-bond acceptors (Lipinski definition) is 3. The average molecular weight is 279 g/mol. The Morgan fingerprint density at radius 2 is 2.05 bits per heavy atom. The predicted molar refractivity (Wildman–Crippen MR) is 84.3 cm³/mol. The fourth-order valence-corrected chi connectivity index (χ4v) is 2.18. The van der Waals surface area contributed by atoms with Crippen molar-refractivity contribution in [2.24, 2.45) is 0 Å². The number of hydrogen-bond donors (Lipinski definition) is 2. The lowest BCUT2D eigenvalue weighted by Crippen LogP contribution is -2.20. The van der Waals surface area contributed by atoms with E-state index in [0.717, 1.165) is 44.6 Å². The summed E-state index contributed by atoms with van der Waals surface area (Å²) in [6, 6.07) is 6.68. The van der Waals surface area contributed by atoms with E-state index in [1.165, 1.54) is 11.1 Å². The van der Waals surface area contributed by atoms with Gasteiger partial charge in [0.05, 0.1) is 6.61 Å². The number of rotatable bonds is 10. The van der Waals surface area contributed by atoms with Gasteiger partial charge in [0.15, 0.2) is 0 Å². The van der Waals surface area contributed by atoms with Crippen LogP contribution in [-0.4, -0.2) is 24.9 Å². The van der Waals surface area contributed by atoms with Gasteiger partial charge in [0.1, 0.15) is 5.75 Å². The molecule has 0 spiro atoms. The van der Waals surface area contributed by atoms with Crippen molar-refractivity contribution in [2.45, 2.75) is 52.5 Å². The predicted octanol–water partition coefficient (Wildman–Crippen LogP) is 3.60. The molecule has 1 aromatic rings. The van der Waals surface area contributed by atoms with Gasteiger partial charge in [-0.15, -0.1) is 0 Å². The highest BCUT2D eigenvalue weighted by Gasteiger charge is 2.11. The second-order valence-corrected chi connectivity index (χ2v) is 5.35. The average Bonchev–Trinajstić information content (AvgIpc) is 2.45. The van der Waals surface area contributed by atoms with E-state index >= 15 is 0 Å². The maximum Gasteiger partial charge on any atom is 0.124 e. The number of aliphatic hydroxyl groups excluding tert-OH is 1. The molecule has 20 heavy (non-hydrogen) atoms. The quantitative estimate of drug-likeness (QED) is 0.643. The third kappa shape index (κ3) is 5.93. The van der Waals surface area contributed by atoms with Crippen LogP contribution in [0.15, 0.2) is 18.2 Å². The highest BCUT2D eigenvalue weighted by molar-refractivity contribution is 5.38. The van der Waals surface area contributed by atoms with E-state index in [-0.39, 0.29) is 6.61 Å². The summed E-state index contributed by atoms with van der Waals surface area (Å²) in [6.45, 7) is 8.48. The number of ether oxygens (including phenoxy) is 1. The van der Waals surface area contributed by atoms with Crippen LogP contribution in [0, 0.1) is 6.92 Å². The zero-order valence-corrected chi connectivity index (χ0v) is 13.1. The van der Waals surface area contributed by atoms with Gasteiger partial charge >= 0.3 is 0 Å². The summed E-state index contributed by atoms with van der Waals surface area (Å²) in [4.78, 5) is 0. The van der Waals surface area contributed by atoms with Crippen LogP contribution in [0.1, 0.15) is 56.7 Å². The van der Waals surface area contributed by atoms with Crippen molar-refractivity contribution in [1.82, 2.24) is 5.32 Å². The molecule has 1 rings (SSSR count). The molecule has 0 fully saturated rings. The molecule has 3 heteroatoms. The minimum Gasteiger partial charge on any atom is -0.493 e. The molecule has 1 unspecified atom stereocenters. The van der Waals surface area contributed by atoms with E-state index in [0.29, 0.717) is 6.04 Å². The molecule has 0 amide bonds. The Morgan fingerprint density at radius 1 is 1.25 bits per heavy atom. The van der Waals surface area contributed by atoms with Gasteiger partial charge in [-0.2, -0.15) is 0 Å². The summed E-state index contributed by atoms with van der Waals surface area (Å²) in [5.41, 5.74) is 2.50. The summed E-state index contributed by atoms with van der Waals surface area (Å²) in [7, 11) is 0. The highest BCUT2D eigenvalue weighted by atomic mass is 16.5. The van der Waals surface area contributed by atoms with Gasteiger partial charge in [-0.1, -0.05) is 24.6 Å². The first-order valence-electron chi connectivity index (χ1n) is 7.76. The molecule has 2 N–H and O–H groups in total. The molecule has 3 nitrogen and oxygen atoms in total. The smallest absolute Gasteiger partial charge is 0.124 e. The van der Waals surface area contributed by atoms with E-state index < -0.39 is 0 Å². The Bertz CT molecular complexity index is 379. The Kier molecular flexibility index (Phi) is 8.31. The standard InChI is InChI=1S/C17H29NO2/c1-4-10-18-15(3)16-13-14(2)8-9-17(16)20-12-7-5-6-11-19/h8-9,13,15,18-19H,4-7,10-12H2,1-3H3. The zero-order chi connectivity index (χ0) is 14.8. The summed E-state index contributed by atoms with van der Waals surface area (Å²) in [5, 5.41) is 12.3. The molecule has 0 bridgehead atoms. The molecular formula is C17H29NO2. The number of aliphatic hydroxyl groups is 1. The van der Waals surface area contributed by atoms with Crippen molar-refractivity contribution in [2.75, 3.05) is 19.8 Å². The molecule has 0 aliphatic rings. The molecule has 0 radical (unpaired) electrons. The van der Waals surface area contributed by atoms with Crippen LogP contribution in [0.25, 0.3) is 0 Å². The van der Waals surface area contributed by atoms with Gasteiger partial charge in [-0.3, -0.25) is 0 Å². The molecule has 1 aromatic carbocycles. The Labute approximate surface area is 123 Å². The fraction of sp³-hybridized carbons (Fsp3) is 0.647. The zero-order valence-electron chi connectivity index (χ0n) is 13.1. The maximum absolute atomic E-state index is 8.76. The van der Waals surface area contributed by atoms with E-state index in [9.17, 15) is 0 Å². The number of benzene rings is 1. The van der Waals surface area contributed by atoms with Gasteiger partial charge in [0.2, 0.25) is 0 Å². The first-order valence-corrected chi connectivity index (χ1v) is 7.76. The van der Waals surface area contributed by atoms with E-state index in [2.05, 4.69) is 44.3 Å². The second-order valence-electron chi connectivity index (χ2n) is 5.35. The Balaban J connectivity index is 2.59. The molecular weight excluding hydrogens is 250 g/mol. The van der Waals surface area contributed by atoms with Crippen LogP contribution in [0.5, 0.6) is 5.75 Å². The van der Waals surface area contributed by atoms with Crippen LogP contribution in [0.3, 0.4) is 0 Å². The minimum absolute atomic E-state index is 0.272. The summed E-state index contributed by atoms with van der Waals surface area (Å²) < 4.78 is 5.92. The molecule has 0 saturated heterocycles. The van der Waals surface area contributed by atoms with Crippen molar-refractivity contribution >= 4 is 0 Å². The van der Waals surface area contributed by atoms with E-state index in [1.54, 1.807) is 0 Å². The minimum atomic E-state index is 0.272. The van der Waals surface area contributed by atoms with Gasteiger partial charge in [-0.05, 0) is 52.1 Å². The van der Waals surface area contributed by atoms with E-state index in [4.69, 9.17) is 9.84 Å². The Hall–Kier alpha value is -1.06. The maximum atomic E-state index is 8.76. The number of nitrogens with one attached hydrogen (secondary N) is 1. The van der Waals surface area contributed by atoms with Gasteiger partial charge in [-0.25, -0.2) is 0 Å². The third-order valence-corrected chi connectivity index (χ3v) is 3.39. The lowest BCUT2D eigenvalue weighted by atomic mass is 10.0. The normalized spacial score (nSPS) is 12.4. The molecule has 1 atom stereocenters. The van der Waals surface area contributed by atoms with Crippen LogP contribution in [0.2, 0.25) is 0 Å². The summed E-state index contributed by atoms with van der Waals surface area (Å²) in [5.74, 6) is 0.982. The van der Waals surface area contributed by atoms with Crippen molar-refractivity contribution in [1.29, 1.82) is 0 Å². The van der Waals surface area contributed by atoms with Crippen LogP contribution < -0.4 is 10.1 Å². The number of aryl methyl sites for hydroxylation is 1. The van der Waals surface area contributed by atoms with Gasteiger partial charge < -0.3 is 15.2 Å². The van der Waals surface area contributed by atoms with Crippen molar-refractivity contribution < 1.29 is 9.84 Å². The first-order chi connectivity index (χ1) is 9.69. The molecule has 0 aromatic heterocycles. The topological polar surface area (TPSA) is 41.5 Å². The number of unbranched alkanes of at least 4 members (excludes halogenated alkanes) is 2. The molecule has 0 aliphatic heterocycles. The molecule has 0 heterocycles. The largest absolute Gasteiger partial charge is 0.493 e. The van der Waals surface area contributed by atoms with Crippen molar-refractivity contribution in [3.05, 3.63) is 29.3 Å². The van der Waals surface area contributed by atoms with Gasteiger partial charge in [0, 0.05) is 18.2 Å². The second kappa shape index (κ2) is 9.78. The van der Waals surface area contributed by atoms with Crippen LogP contribution in [0.4, 0.5) is 0 Å².